The highest BCUT2D eigenvalue weighted by molar-refractivity contribution is 5.44. The van der Waals surface area contributed by atoms with Gasteiger partial charge >= 0.3 is 0 Å². The second kappa shape index (κ2) is 13.6. The zero-order valence-electron chi connectivity index (χ0n) is 21.6. The van der Waals surface area contributed by atoms with Gasteiger partial charge in [0.15, 0.2) is 0 Å². The first-order valence-corrected chi connectivity index (χ1v) is 12.9. The minimum atomic E-state index is -0.556. The van der Waals surface area contributed by atoms with Gasteiger partial charge in [-0.25, -0.2) is 4.98 Å². The number of aromatic nitrogens is 2. The van der Waals surface area contributed by atoms with E-state index in [9.17, 15) is 9.90 Å². The number of benzene rings is 2. The number of aromatic amines is 1. The minimum absolute atomic E-state index is 0.0219. The number of nitrogens with zero attached hydrogens (tertiary/aromatic N) is 3. The fraction of sp³-hybridized carbons (Fsp3) is 0.367. The number of hydrogen-bond acceptors (Lipinski definition) is 7. The van der Waals surface area contributed by atoms with Crippen LogP contribution in [0.25, 0.3) is 0 Å². The van der Waals surface area contributed by atoms with Gasteiger partial charge in [0.2, 0.25) is 5.75 Å². The molecule has 0 amide bonds. The Kier molecular flexibility index (Phi) is 9.66. The predicted molar refractivity (Wildman–Crippen MR) is 146 cm³/mol. The molecular weight excluding hydrogens is 478 g/mol. The summed E-state index contributed by atoms with van der Waals surface area (Å²) in [7, 11) is 0. The molecule has 1 fully saturated rings. The Labute approximate surface area is 223 Å². The van der Waals surface area contributed by atoms with E-state index < -0.39 is 5.56 Å². The van der Waals surface area contributed by atoms with Crippen LogP contribution < -0.4 is 10.9 Å². The lowest BCUT2D eigenvalue weighted by molar-refractivity contribution is 0.0342. The number of nitriles is 1. The largest absolute Gasteiger partial charge is 0.502 e. The normalized spacial score (nSPS) is 15.2. The van der Waals surface area contributed by atoms with Gasteiger partial charge in [-0.2, -0.15) is 5.26 Å². The molecule has 2 aromatic carbocycles. The van der Waals surface area contributed by atoms with Crippen molar-refractivity contribution in [3.8, 4) is 23.7 Å². The predicted octanol–water partition coefficient (Wildman–Crippen LogP) is 2.93. The van der Waals surface area contributed by atoms with Crippen molar-refractivity contribution in [2.45, 2.75) is 38.3 Å². The fourth-order valence-electron chi connectivity index (χ4n) is 4.37. The zero-order chi connectivity index (χ0) is 26.7. The Bertz CT molecular complexity index is 1340. The van der Waals surface area contributed by atoms with E-state index in [1.807, 2.05) is 31.2 Å². The molecule has 0 spiro atoms. The summed E-state index contributed by atoms with van der Waals surface area (Å²) in [5.41, 5.74) is 3.94. The monoisotopic (exact) mass is 511 g/mol. The van der Waals surface area contributed by atoms with Crippen LogP contribution >= 0.6 is 0 Å². The summed E-state index contributed by atoms with van der Waals surface area (Å²) in [6.07, 6.45) is 2.07. The van der Waals surface area contributed by atoms with E-state index in [0.717, 1.165) is 49.5 Å². The molecule has 3 aromatic rings. The summed E-state index contributed by atoms with van der Waals surface area (Å²) in [6.45, 7) is 6.98. The third-order valence-corrected chi connectivity index (χ3v) is 6.65. The van der Waals surface area contributed by atoms with Crippen LogP contribution in [0.3, 0.4) is 0 Å². The van der Waals surface area contributed by atoms with Crippen LogP contribution in [0.4, 0.5) is 0 Å². The molecule has 8 heteroatoms. The van der Waals surface area contributed by atoms with Gasteiger partial charge in [0.05, 0.1) is 37.7 Å². The molecule has 0 unspecified atom stereocenters. The molecule has 2 atom stereocenters. The second-order valence-corrected chi connectivity index (χ2v) is 9.56. The van der Waals surface area contributed by atoms with Gasteiger partial charge in [0, 0.05) is 55.7 Å². The minimum Gasteiger partial charge on any atom is -0.502 e. The van der Waals surface area contributed by atoms with Gasteiger partial charge in [-0.15, -0.1) is 0 Å². The van der Waals surface area contributed by atoms with Crippen molar-refractivity contribution in [3.05, 3.63) is 93.2 Å². The van der Waals surface area contributed by atoms with Crippen molar-refractivity contribution in [1.82, 2.24) is 20.2 Å². The van der Waals surface area contributed by atoms with E-state index >= 15 is 0 Å². The number of H-pyrrole nitrogens is 1. The highest BCUT2D eigenvalue weighted by atomic mass is 16.5. The SMILES string of the molecule is C[C@@H](CC#N)NC[C@@H](Cc1nc[nH]c(=O)c1O)c1ccc(C#Cc2ccc(CN3CCOCC3)cc2)cc1. The van der Waals surface area contributed by atoms with Gasteiger partial charge in [0.25, 0.3) is 5.56 Å². The topological polar surface area (TPSA) is 114 Å². The molecule has 1 aliphatic rings. The average Bonchev–Trinajstić information content (AvgIpc) is 2.94. The molecule has 3 N–H and O–H groups in total. The number of morpholine rings is 1. The smallest absolute Gasteiger partial charge is 0.293 e. The Morgan fingerprint density at radius 3 is 2.42 bits per heavy atom. The van der Waals surface area contributed by atoms with Crippen LogP contribution in [0.5, 0.6) is 5.75 Å². The van der Waals surface area contributed by atoms with E-state index in [4.69, 9.17) is 10.00 Å². The number of rotatable bonds is 9. The summed E-state index contributed by atoms with van der Waals surface area (Å²) in [5, 5.41) is 22.5. The highest BCUT2D eigenvalue weighted by Crippen LogP contribution is 2.23. The van der Waals surface area contributed by atoms with Crippen LogP contribution in [0.1, 0.15) is 47.2 Å². The van der Waals surface area contributed by atoms with Gasteiger partial charge < -0.3 is 20.1 Å². The maximum atomic E-state index is 11.8. The Morgan fingerprint density at radius 2 is 1.76 bits per heavy atom. The molecule has 1 aliphatic heterocycles. The number of aromatic hydroxyl groups is 1. The molecule has 0 aliphatic carbocycles. The molecule has 8 nitrogen and oxygen atoms in total. The Balaban J connectivity index is 1.43. The summed E-state index contributed by atoms with van der Waals surface area (Å²) in [5.74, 6) is 6.06. The summed E-state index contributed by atoms with van der Waals surface area (Å²) in [6, 6.07) is 18.6. The third kappa shape index (κ3) is 7.77. The zero-order valence-corrected chi connectivity index (χ0v) is 21.6. The van der Waals surface area contributed by atoms with Crippen molar-refractivity contribution in [2.75, 3.05) is 32.8 Å². The van der Waals surface area contributed by atoms with Gasteiger partial charge in [0.1, 0.15) is 0 Å². The number of nitrogens with one attached hydrogen (secondary N) is 2. The molecule has 1 saturated heterocycles. The van der Waals surface area contributed by atoms with E-state index in [1.54, 1.807) is 0 Å². The first-order chi connectivity index (χ1) is 18.5. The van der Waals surface area contributed by atoms with Crippen LogP contribution in [-0.2, 0) is 17.7 Å². The lowest BCUT2D eigenvalue weighted by Crippen LogP contribution is -2.35. The molecule has 4 rings (SSSR count). The maximum Gasteiger partial charge on any atom is 0.293 e. The number of ether oxygens (including phenoxy) is 1. The molecule has 0 bridgehead atoms. The van der Waals surface area contributed by atoms with Crippen molar-refractivity contribution >= 4 is 0 Å². The van der Waals surface area contributed by atoms with Crippen LogP contribution in [0.2, 0.25) is 0 Å². The van der Waals surface area contributed by atoms with E-state index in [1.165, 1.54) is 11.9 Å². The standard InChI is InChI=1S/C30H33N5O3/c1-22(12-13-31)32-19-27(18-28-29(36)30(37)34-21-33-28)26-10-8-24(9-11-26)3-2-23-4-6-25(7-5-23)20-35-14-16-38-17-15-35/h4-11,21-22,27,32,36H,12,14-20H2,1H3,(H,33,34,37)/t22-,27+/m0/s1. The Morgan fingerprint density at radius 1 is 1.11 bits per heavy atom. The van der Waals surface area contributed by atoms with Gasteiger partial charge in [-0.3, -0.25) is 9.69 Å². The second-order valence-electron chi connectivity index (χ2n) is 9.56. The van der Waals surface area contributed by atoms with Crippen LogP contribution in [0.15, 0.2) is 59.7 Å². The summed E-state index contributed by atoms with van der Waals surface area (Å²) < 4.78 is 5.42. The van der Waals surface area contributed by atoms with Crippen molar-refractivity contribution in [2.24, 2.45) is 0 Å². The lowest BCUT2D eigenvalue weighted by Gasteiger charge is -2.26. The van der Waals surface area contributed by atoms with Crippen LogP contribution in [-0.4, -0.2) is 58.9 Å². The van der Waals surface area contributed by atoms with E-state index in [0.29, 0.717) is 25.1 Å². The van der Waals surface area contributed by atoms with Crippen LogP contribution in [0, 0.1) is 23.2 Å². The molecule has 38 heavy (non-hydrogen) atoms. The molecule has 0 radical (unpaired) electrons. The third-order valence-electron chi connectivity index (χ3n) is 6.65. The molecule has 196 valence electrons. The maximum absolute atomic E-state index is 11.8. The van der Waals surface area contributed by atoms with Gasteiger partial charge in [-0.05, 0) is 42.3 Å². The molecular formula is C30H33N5O3. The fourth-order valence-corrected chi connectivity index (χ4v) is 4.37. The summed E-state index contributed by atoms with van der Waals surface area (Å²) in [4.78, 5) is 20.8. The quantitative estimate of drug-likeness (QED) is 0.379. The Hall–Kier alpha value is -3.95. The van der Waals surface area contributed by atoms with E-state index in [-0.39, 0.29) is 17.7 Å². The molecule has 0 saturated carbocycles. The first-order valence-electron chi connectivity index (χ1n) is 12.9. The molecule has 1 aromatic heterocycles. The lowest BCUT2D eigenvalue weighted by atomic mass is 9.92. The first kappa shape index (κ1) is 27.1. The average molecular weight is 512 g/mol. The molecule has 2 heterocycles. The summed E-state index contributed by atoms with van der Waals surface area (Å²) >= 11 is 0. The van der Waals surface area contributed by atoms with Crippen molar-refractivity contribution < 1.29 is 9.84 Å². The van der Waals surface area contributed by atoms with E-state index in [2.05, 4.69) is 62.4 Å². The van der Waals surface area contributed by atoms with Gasteiger partial charge in [-0.1, -0.05) is 36.1 Å². The highest BCUT2D eigenvalue weighted by Gasteiger charge is 2.18. The van der Waals surface area contributed by atoms with Crippen molar-refractivity contribution in [3.63, 3.8) is 0 Å². The number of hydrogen-bond donors (Lipinski definition) is 3. The van der Waals surface area contributed by atoms with Crippen molar-refractivity contribution in [1.29, 1.82) is 5.26 Å².